The lowest BCUT2D eigenvalue weighted by atomic mass is 9.80. The Bertz CT molecular complexity index is 2630. The molecule has 360 valence electrons. The quantitative estimate of drug-likeness (QED) is 0.0318. The van der Waals surface area contributed by atoms with Gasteiger partial charge in [-0.1, -0.05) is 75.4 Å². The van der Waals surface area contributed by atoms with Crippen molar-refractivity contribution in [3.05, 3.63) is 150 Å². The van der Waals surface area contributed by atoms with Crippen LogP contribution in [0.2, 0.25) is 18.1 Å². The Morgan fingerprint density at radius 2 is 1.33 bits per heavy atom. The predicted molar refractivity (Wildman–Crippen MR) is 260 cm³/mol. The van der Waals surface area contributed by atoms with Gasteiger partial charge < -0.3 is 45.5 Å². The molecule has 0 spiro atoms. The first-order chi connectivity index (χ1) is 31.6. The Hall–Kier alpha value is -4.27. The number of hydrogen-bond donors (Lipinski definition) is 2. The summed E-state index contributed by atoms with van der Waals surface area (Å²) in [5.41, 5.74) is -0.112. The van der Waals surface area contributed by atoms with Crippen LogP contribution >= 0.6 is 18.4 Å². The number of aromatic nitrogens is 4. The summed E-state index contributed by atoms with van der Waals surface area (Å²) in [4.78, 5) is 44.6. The van der Waals surface area contributed by atoms with E-state index in [-0.39, 0.29) is 30.2 Å². The second-order valence-electron chi connectivity index (χ2n) is 18.3. The Labute approximate surface area is 401 Å². The number of H-pyrrole nitrogens is 1. The molecule has 2 fully saturated rings. The monoisotopic (exact) mass is 993 g/mol. The van der Waals surface area contributed by atoms with E-state index < -0.39 is 79.7 Å². The predicted octanol–water partition coefficient (Wildman–Crippen LogP) is 7.03. The van der Waals surface area contributed by atoms with Crippen LogP contribution in [0, 0.1) is 13.8 Å². The number of benzene rings is 3. The zero-order valence-electron chi connectivity index (χ0n) is 39.0. The molecule has 0 amide bonds. The molecule has 5 aromatic rings. The average Bonchev–Trinajstić information content (AvgIpc) is 3.88. The van der Waals surface area contributed by atoms with E-state index in [0.717, 1.165) is 16.7 Å². The zero-order chi connectivity index (χ0) is 48.5. The van der Waals surface area contributed by atoms with Gasteiger partial charge in [0.05, 0.1) is 26.9 Å². The molecule has 16 nitrogen and oxygen atoms in total. The smallest absolute Gasteiger partial charge is 0.349 e. The third kappa shape index (κ3) is 11.1. The van der Waals surface area contributed by atoms with Gasteiger partial charge >= 0.3 is 11.4 Å². The molecule has 20 heteroatoms. The fourth-order valence-electron chi connectivity index (χ4n) is 8.04. The highest BCUT2D eigenvalue weighted by atomic mass is 33.1. The van der Waals surface area contributed by atoms with Crippen molar-refractivity contribution in [2.45, 2.75) is 108 Å². The van der Waals surface area contributed by atoms with Gasteiger partial charge in [-0.3, -0.25) is 18.9 Å². The molecule has 0 saturated carbocycles. The minimum Gasteiger partial charge on any atom is -0.858 e. The lowest BCUT2D eigenvalue weighted by Gasteiger charge is -2.39. The number of aromatic amines is 1. The van der Waals surface area contributed by atoms with Crippen molar-refractivity contribution in [2.75, 3.05) is 27.4 Å². The van der Waals surface area contributed by atoms with Crippen LogP contribution in [-0.4, -0.2) is 79.3 Å². The standard InChI is InChI=1S/C47H59N4O12PS2Si/c1-29-25-50(44(54)48-42(29)52)40-23-36(62-64(65,66)59-28-39-37(63-67(8,9)46(3,4)5)24-41(61-39)51-26-30(2)43(53)49-45(51)55)38(60-40)27-58-47(31-13-11-10-12-14-31,32-15-19-34(56-6)20-16-32)33-17-21-35(57-7)22-18-33/h10-22,25-26,36-41H,23-24,27-28H2,1-9H3,(H,65,66)(H,48,52,54)(H,49,53,55)/p-1/t36-,37-,38+,39+,40+,41+/m0/s1. The van der Waals surface area contributed by atoms with E-state index in [1.54, 1.807) is 28.1 Å². The van der Waals surface area contributed by atoms with Crippen molar-refractivity contribution in [1.82, 2.24) is 19.1 Å². The van der Waals surface area contributed by atoms with E-state index in [0.29, 0.717) is 23.5 Å². The molecule has 1 unspecified atom stereocenters. The van der Waals surface area contributed by atoms with Gasteiger partial charge in [-0.2, -0.15) is 0 Å². The van der Waals surface area contributed by atoms with Gasteiger partial charge in [0, 0.05) is 43.0 Å². The molecule has 1 N–H and O–H groups in total. The number of methoxy groups -OCH3 is 2. The Balaban J connectivity index is 1.21. The fraction of sp³-hybridized carbons (Fsp3) is 0.447. The van der Waals surface area contributed by atoms with Gasteiger partial charge in [-0.15, -0.1) is 0 Å². The lowest BCUT2D eigenvalue weighted by molar-refractivity contribution is -0.276. The minimum absolute atomic E-state index is 0.0898. The lowest BCUT2D eigenvalue weighted by Crippen LogP contribution is -2.46. The summed E-state index contributed by atoms with van der Waals surface area (Å²) < 4.78 is 54.0. The molecule has 3 aromatic carbocycles. The van der Waals surface area contributed by atoms with Crippen molar-refractivity contribution in [3.63, 3.8) is 0 Å². The maximum Gasteiger partial charge on any atom is 0.349 e. The third-order valence-corrected chi connectivity index (χ3v) is 19.5. The number of nitrogens with zero attached hydrogens (tertiary/aromatic N) is 3. The number of aryl methyl sites for hydroxylation is 2. The van der Waals surface area contributed by atoms with E-state index in [4.69, 9.17) is 61.7 Å². The topological polar surface area (TPSA) is 187 Å². The Kier molecular flexibility index (Phi) is 15.4. The number of ether oxygens (including phenoxy) is 5. The molecule has 4 heterocycles. The fourth-order valence-corrected chi connectivity index (χ4v) is 11.4. The van der Waals surface area contributed by atoms with Crippen molar-refractivity contribution >= 4 is 38.9 Å². The highest BCUT2D eigenvalue weighted by Gasteiger charge is 2.49. The van der Waals surface area contributed by atoms with E-state index in [1.807, 2.05) is 78.9 Å². The molecule has 2 aromatic heterocycles. The van der Waals surface area contributed by atoms with Crippen LogP contribution in [-0.2, 0) is 45.5 Å². The molecule has 0 aliphatic carbocycles. The Morgan fingerprint density at radius 3 is 1.90 bits per heavy atom. The minimum atomic E-state index is -3.49. The van der Waals surface area contributed by atoms with Crippen molar-refractivity contribution < 1.29 is 42.3 Å². The number of rotatable bonds is 17. The highest BCUT2D eigenvalue weighted by molar-refractivity contribution is 8.76. The van der Waals surface area contributed by atoms with Gasteiger partial charge in [0.2, 0.25) is 6.12 Å². The summed E-state index contributed by atoms with van der Waals surface area (Å²) in [5.74, 6) is 0.682. The molecule has 67 heavy (non-hydrogen) atoms. The highest BCUT2D eigenvalue weighted by Crippen LogP contribution is 2.66. The van der Waals surface area contributed by atoms with E-state index in [2.05, 4.69) is 43.8 Å². The molecule has 2 aliphatic rings. The summed E-state index contributed by atoms with van der Waals surface area (Å²) in [6.45, 7) is 13.6. The van der Waals surface area contributed by atoms with Gasteiger partial charge in [-0.25, -0.2) is 23.6 Å². The first-order valence-electron chi connectivity index (χ1n) is 21.9. The summed E-state index contributed by atoms with van der Waals surface area (Å²) >= 11 is 10.8. The van der Waals surface area contributed by atoms with E-state index in [9.17, 15) is 19.5 Å². The van der Waals surface area contributed by atoms with Crippen LogP contribution in [0.1, 0.15) is 73.9 Å². The summed E-state index contributed by atoms with van der Waals surface area (Å²) in [6.07, 6.45) is -4.86. The normalized spacial score (nSPS) is 22.1. The summed E-state index contributed by atoms with van der Waals surface area (Å²) in [6, 6.07) is 25.0. The van der Waals surface area contributed by atoms with Crippen LogP contribution in [0.15, 0.2) is 106 Å². The van der Waals surface area contributed by atoms with Crippen molar-refractivity contribution in [1.29, 1.82) is 0 Å². The second kappa shape index (κ2) is 20.4. The van der Waals surface area contributed by atoms with Crippen LogP contribution in [0.3, 0.4) is 0 Å². The maximum atomic E-state index is 13.2. The largest absolute Gasteiger partial charge is 0.858 e. The van der Waals surface area contributed by atoms with E-state index >= 15 is 0 Å². The molecule has 2 saturated heterocycles. The molecular formula is C47H58N4O12PS2Si-. The van der Waals surface area contributed by atoms with Gasteiger partial charge in [0.25, 0.3) is 5.56 Å². The number of nitrogens with one attached hydrogen (secondary N) is 1. The maximum absolute atomic E-state index is 13.2. The zero-order valence-corrected chi connectivity index (χ0v) is 42.6. The Morgan fingerprint density at radius 1 is 0.806 bits per heavy atom. The average molecular weight is 994 g/mol. The molecule has 7 atom stereocenters. The van der Waals surface area contributed by atoms with Crippen molar-refractivity contribution in [2.24, 2.45) is 0 Å². The van der Waals surface area contributed by atoms with Crippen LogP contribution in [0.4, 0.5) is 0 Å². The first-order valence-corrected chi connectivity index (χ1v) is 28.6. The summed E-state index contributed by atoms with van der Waals surface area (Å²) in [5, 5.41) is 12.2. The van der Waals surface area contributed by atoms with Gasteiger partial charge in [0.15, 0.2) is 8.32 Å². The third-order valence-electron chi connectivity index (χ3n) is 12.8. The number of thiol groups is 1. The molecule has 0 radical (unpaired) electrons. The molecule has 2 aliphatic heterocycles. The van der Waals surface area contributed by atoms with Crippen LogP contribution in [0.5, 0.6) is 17.4 Å². The molecule has 7 rings (SSSR count). The van der Waals surface area contributed by atoms with E-state index in [1.165, 1.54) is 21.5 Å². The van der Waals surface area contributed by atoms with Gasteiger partial charge in [-0.05, 0) is 84.4 Å². The van der Waals surface area contributed by atoms with Crippen LogP contribution in [0.25, 0.3) is 0 Å². The second-order valence-corrected chi connectivity index (χ2v) is 28.3. The van der Waals surface area contributed by atoms with Crippen molar-refractivity contribution in [3.8, 4) is 17.4 Å². The molecule has 0 bridgehead atoms. The first kappa shape index (κ1) is 50.6. The summed E-state index contributed by atoms with van der Waals surface area (Å²) in [7, 11) is 0.810. The van der Waals surface area contributed by atoms with Gasteiger partial charge in [0.1, 0.15) is 54.5 Å². The van der Waals surface area contributed by atoms with Crippen LogP contribution < -0.4 is 31.5 Å². The SMILES string of the molecule is COc1ccc(C(OC[C@H]2O[C@@H](n3cc(C)c([O-])nc3=O)C[C@@H]2O[P+]([S-])(S)OC[C@H]2O[C@@H](n3cc(C)c(=O)[nH]c3=O)C[C@@H]2O[Si](C)(C)C(C)(C)C)(c2ccccc2)c2ccc(OC)cc2)cc1. The molecular weight excluding hydrogens is 936 g/mol. The number of hydrogen-bond acceptors (Lipinski definition) is 15.